The van der Waals surface area contributed by atoms with Gasteiger partial charge in [0.1, 0.15) is 0 Å². The molecule has 1 aromatic heterocycles. The second-order valence-electron chi connectivity index (χ2n) is 5.01. The van der Waals surface area contributed by atoms with Crippen LogP contribution in [0.2, 0.25) is 0 Å². The van der Waals surface area contributed by atoms with Gasteiger partial charge in [-0.05, 0) is 25.0 Å². The van der Waals surface area contributed by atoms with Gasteiger partial charge in [0.25, 0.3) is 0 Å². The predicted octanol–water partition coefficient (Wildman–Crippen LogP) is 3.40. The molecule has 0 spiro atoms. The van der Waals surface area contributed by atoms with Gasteiger partial charge in [0, 0.05) is 29.1 Å². The maximum atomic E-state index is 12.6. The van der Waals surface area contributed by atoms with E-state index in [-0.39, 0.29) is 18.5 Å². The summed E-state index contributed by atoms with van der Waals surface area (Å²) in [5.41, 5.74) is 3.18. The van der Waals surface area contributed by atoms with E-state index < -0.39 is 6.43 Å². The summed E-state index contributed by atoms with van der Waals surface area (Å²) >= 11 is 0. The number of benzene rings is 1. The van der Waals surface area contributed by atoms with Gasteiger partial charge >= 0.3 is 0 Å². The molecule has 0 aliphatic carbocycles. The number of alkyl halides is 2. The molecule has 1 aliphatic rings. The van der Waals surface area contributed by atoms with E-state index in [1.54, 1.807) is 0 Å². The number of H-pyrrole nitrogens is 1. The third kappa shape index (κ3) is 1.90. The van der Waals surface area contributed by atoms with Crippen LogP contribution in [0, 0.1) is 0 Å². The Hall–Kier alpha value is -1.42. The van der Waals surface area contributed by atoms with E-state index in [0.717, 1.165) is 17.6 Å². The fourth-order valence-electron chi connectivity index (χ4n) is 2.89. The van der Waals surface area contributed by atoms with Crippen LogP contribution in [-0.2, 0) is 6.42 Å². The smallest absolute Gasteiger partial charge is 0.240 e. The number of fused-ring (bicyclic) bond motifs is 3. The number of aromatic nitrogens is 1. The van der Waals surface area contributed by atoms with Crippen LogP contribution in [0.3, 0.4) is 0 Å². The number of nitrogens with one attached hydrogen (secondary N) is 2. The van der Waals surface area contributed by atoms with E-state index in [0.29, 0.717) is 0 Å². The topological polar surface area (TPSA) is 27.8 Å². The van der Waals surface area contributed by atoms with Gasteiger partial charge in [0.05, 0.1) is 6.04 Å². The van der Waals surface area contributed by atoms with Gasteiger partial charge in [-0.2, -0.15) is 0 Å². The quantitative estimate of drug-likeness (QED) is 0.840. The monoisotopic (exact) mass is 250 g/mol. The lowest BCUT2D eigenvalue weighted by Crippen LogP contribution is -2.38. The van der Waals surface area contributed by atoms with Gasteiger partial charge in [0.2, 0.25) is 6.43 Å². The van der Waals surface area contributed by atoms with Crippen molar-refractivity contribution < 1.29 is 8.78 Å². The van der Waals surface area contributed by atoms with E-state index in [2.05, 4.69) is 16.4 Å². The molecule has 2 aromatic rings. The van der Waals surface area contributed by atoms with E-state index in [1.807, 2.05) is 25.1 Å². The van der Waals surface area contributed by atoms with E-state index in [9.17, 15) is 8.78 Å². The van der Waals surface area contributed by atoms with Crippen molar-refractivity contribution in [3.63, 3.8) is 0 Å². The van der Waals surface area contributed by atoms with Gasteiger partial charge < -0.3 is 10.3 Å². The lowest BCUT2D eigenvalue weighted by Gasteiger charge is -2.29. The molecule has 4 heteroatoms. The Labute approximate surface area is 104 Å². The minimum absolute atomic E-state index is 0.135. The summed E-state index contributed by atoms with van der Waals surface area (Å²) in [6, 6.07) is 7.98. The maximum absolute atomic E-state index is 12.6. The normalized spacial score (nSPS) is 23.6. The first-order valence-corrected chi connectivity index (χ1v) is 6.29. The van der Waals surface area contributed by atoms with Crippen LogP contribution in [0.15, 0.2) is 24.3 Å². The average molecular weight is 250 g/mol. The molecule has 2 heterocycles. The van der Waals surface area contributed by atoms with Crippen molar-refractivity contribution >= 4 is 10.9 Å². The molecular formula is C14H16F2N2. The molecule has 18 heavy (non-hydrogen) atoms. The highest BCUT2D eigenvalue weighted by Crippen LogP contribution is 2.34. The molecule has 1 aromatic carbocycles. The molecule has 0 saturated heterocycles. The molecule has 0 saturated carbocycles. The minimum atomic E-state index is -2.29. The Morgan fingerprint density at radius 1 is 1.33 bits per heavy atom. The first-order valence-electron chi connectivity index (χ1n) is 6.29. The van der Waals surface area contributed by atoms with Crippen molar-refractivity contribution in [1.82, 2.24) is 10.3 Å². The molecule has 2 N–H and O–H groups in total. The lowest BCUT2D eigenvalue weighted by atomic mass is 9.93. The number of rotatable bonds is 2. The Kier molecular flexibility index (Phi) is 2.82. The fraction of sp³-hybridized carbons (Fsp3) is 0.429. The van der Waals surface area contributed by atoms with Crippen LogP contribution in [0.5, 0.6) is 0 Å². The SMILES string of the molecule is CC1Cc2c([nH]c3ccccc23)C(CC(F)F)N1. The number of halogens is 2. The molecule has 1 aliphatic heterocycles. The van der Waals surface area contributed by atoms with Crippen LogP contribution >= 0.6 is 0 Å². The van der Waals surface area contributed by atoms with Gasteiger partial charge in [-0.3, -0.25) is 0 Å². The Morgan fingerprint density at radius 2 is 2.11 bits per heavy atom. The molecular weight excluding hydrogens is 234 g/mol. The zero-order chi connectivity index (χ0) is 12.7. The second-order valence-corrected chi connectivity index (χ2v) is 5.01. The number of hydrogen-bond acceptors (Lipinski definition) is 1. The van der Waals surface area contributed by atoms with Crippen LogP contribution in [-0.4, -0.2) is 17.5 Å². The van der Waals surface area contributed by atoms with E-state index in [4.69, 9.17) is 0 Å². The molecule has 2 nitrogen and oxygen atoms in total. The second kappa shape index (κ2) is 4.35. The highest BCUT2D eigenvalue weighted by atomic mass is 19.3. The third-order valence-electron chi connectivity index (χ3n) is 3.60. The van der Waals surface area contributed by atoms with E-state index >= 15 is 0 Å². The van der Waals surface area contributed by atoms with Gasteiger partial charge in [-0.1, -0.05) is 18.2 Å². The summed E-state index contributed by atoms with van der Waals surface area (Å²) in [4.78, 5) is 3.30. The summed E-state index contributed by atoms with van der Waals surface area (Å²) in [7, 11) is 0. The van der Waals surface area contributed by atoms with Crippen LogP contribution < -0.4 is 5.32 Å². The third-order valence-corrected chi connectivity index (χ3v) is 3.60. The van der Waals surface area contributed by atoms with Crippen LogP contribution in [0.25, 0.3) is 10.9 Å². The standard InChI is InChI=1S/C14H16F2N2/c1-8-6-10-9-4-2-3-5-11(9)18-14(10)12(17-8)7-13(15)16/h2-5,8,12-13,17-18H,6-7H2,1H3. The summed E-state index contributed by atoms with van der Waals surface area (Å²) in [5.74, 6) is 0. The highest BCUT2D eigenvalue weighted by Gasteiger charge is 2.29. The van der Waals surface area contributed by atoms with Gasteiger partial charge in [-0.25, -0.2) is 8.78 Å². The van der Waals surface area contributed by atoms with Gasteiger partial charge in [0.15, 0.2) is 0 Å². The summed E-state index contributed by atoms with van der Waals surface area (Å²) < 4.78 is 25.3. The molecule has 2 atom stereocenters. The first-order chi connectivity index (χ1) is 8.65. The first kappa shape index (κ1) is 11.7. The van der Waals surface area contributed by atoms with Crippen molar-refractivity contribution in [3.8, 4) is 0 Å². The van der Waals surface area contributed by atoms with Crippen molar-refractivity contribution in [1.29, 1.82) is 0 Å². The van der Waals surface area contributed by atoms with Crippen molar-refractivity contribution in [2.75, 3.05) is 0 Å². The van der Waals surface area contributed by atoms with Crippen LogP contribution in [0.1, 0.15) is 30.6 Å². The van der Waals surface area contributed by atoms with E-state index in [1.165, 1.54) is 10.9 Å². The zero-order valence-corrected chi connectivity index (χ0v) is 10.2. The molecule has 3 rings (SSSR count). The Bertz CT molecular complexity index is 562. The van der Waals surface area contributed by atoms with Crippen LogP contribution in [0.4, 0.5) is 8.78 Å². The average Bonchev–Trinajstić information content (AvgIpc) is 2.67. The number of hydrogen-bond donors (Lipinski definition) is 2. The maximum Gasteiger partial charge on any atom is 0.240 e. The molecule has 2 unspecified atom stereocenters. The highest BCUT2D eigenvalue weighted by molar-refractivity contribution is 5.85. The molecule has 0 bridgehead atoms. The molecule has 96 valence electrons. The number of aromatic amines is 1. The molecule has 0 fully saturated rings. The fourth-order valence-corrected chi connectivity index (χ4v) is 2.89. The van der Waals surface area contributed by atoms with Crippen molar-refractivity contribution in [2.24, 2.45) is 0 Å². The lowest BCUT2D eigenvalue weighted by molar-refractivity contribution is 0.117. The Balaban J connectivity index is 2.09. The Morgan fingerprint density at radius 3 is 2.89 bits per heavy atom. The summed E-state index contributed by atoms with van der Waals surface area (Å²) in [6.07, 6.45) is -1.53. The number of para-hydroxylation sites is 1. The predicted molar refractivity (Wildman–Crippen MR) is 68.0 cm³/mol. The minimum Gasteiger partial charge on any atom is -0.357 e. The summed E-state index contributed by atoms with van der Waals surface area (Å²) in [5, 5.41) is 4.42. The molecule has 0 radical (unpaired) electrons. The molecule has 0 amide bonds. The zero-order valence-electron chi connectivity index (χ0n) is 10.2. The van der Waals surface area contributed by atoms with Crippen molar-refractivity contribution in [2.45, 2.75) is 38.3 Å². The van der Waals surface area contributed by atoms with Gasteiger partial charge in [-0.15, -0.1) is 0 Å². The van der Waals surface area contributed by atoms with Crippen molar-refractivity contribution in [3.05, 3.63) is 35.5 Å². The largest absolute Gasteiger partial charge is 0.357 e. The summed E-state index contributed by atoms with van der Waals surface area (Å²) in [6.45, 7) is 2.04.